The second-order valence-electron chi connectivity index (χ2n) is 5.37. The van der Waals surface area contributed by atoms with Crippen LogP contribution in [0.1, 0.15) is 22.2 Å². The van der Waals surface area contributed by atoms with Crippen LogP contribution in [-0.4, -0.2) is 36.7 Å². The van der Waals surface area contributed by atoms with Gasteiger partial charge in [-0.15, -0.1) is 11.3 Å². The number of aryl methyl sites for hydroxylation is 1. The largest absolute Gasteiger partial charge is 0.497 e. The van der Waals surface area contributed by atoms with E-state index in [1.165, 1.54) is 17.7 Å². The fourth-order valence-corrected chi connectivity index (χ4v) is 3.62. The first-order chi connectivity index (χ1) is 12.6. The van der Waals surface area contributed by atoms with E-state index in [1.54, 1.807) is 32.4 Å². The van der Waals surface area contributed by atoms with Crippen molar-refractivity contribution in [2.75, 3.05) is 26.1 Å². The summed E-state index contributed by atoms with van der Waals surface area (Å²) in [4.78, 5) is 22.5. The summed E-state index contributed by atoms with van der Waals surface area (Å²) < 4.78 is 16.1. The van der Waals surface area contributed by atoms with Gasteiger partial charge in [-0.2, -0.15) is 0 Å². The topological polar surface area (TPSA) is 82.6 Å². The molecule has 0 fully saturated rings. The number of methoxy groups -OCH3 is 2. The van der Waals surface area contributed by atoms with Crippen LogP contribution in [0.3, 0.4) is 0 Å². The second-order valence-corrected chi connectivity index (χ2v) is 6.37. The van der Waals surface area contributed by atoms with Gasteiger partial charge in [0.05, 0.1) is 36.8 Å². The summed E-state index contributed by atoms with van der Waals surface area (Å²) in [5.74, 6) is 1.42. The Morgan fingerprint density at radius 1 is 1.23 bits per heavy atom. The number of aromatic nitrogens is 2. The number of ether oxygens (including phenoxy) is 3. The van der Waals surface area contributed by atoms with E-state index in [9.17, 15) is 4.79 Å². The summed E-state index contributed by atoms with van der Waals surface area (Å²) in [5.41, 5.74) is 1.35. The number of carbonyl (C=O) groups is 1. The first kappa shape index (κ1) is 17.9. The van der Waals surface area contributed by atoms with Gasteiger partial charge in [-0.1, -0.05) is 0 Å². The highest BCUT2D eigenvalue weighted by Gasteiger charge is 2.21. The van der Waals surface area contributed by atoms with Crippen LogP contribution in [0.4, 0.5) is 5.69 Å². The molecule has 0 aliphatic heterocycles. The number of nitrogens with one attached hydrogen (secondary N) is 1. The highest BCUT2D eigenvalue weighted by atomic mass is 32.1. The average molecular weight is 373 g/mol. The van der Waals surface area contributed by atoms with E-state index < -0.39 is 0 Å². The Balaban J connectivity index is 1.96. The van der Waals surface area contributed by atoms with Crippen molar-refractivity contribution >= 4 is 33.1 Å². The quantitative estimate of drug-likeness (QED) is 0.710. The predicted octanol–water partition coefficient (Wildman–Crippen LogP) is 3.67. The molecule has 0 spiro atoms. The van der Waals surface area contributed by atoms with Gasteiger partial charge in [0.15, 0.2) is 0 Å². The van der Waals surface area contributed by atoms with Crippen LogP contribution in [-0.2, 0) is 0 Å². The normalized spacial score (nSPS) is 10.6. The first-order valence-corrected chi connectivity index (χ1v) is 8.81. The van der Waals surface area contributed by atoms with E-state index in [-0.39, 0.29) is 5.91 Å². The molecule has 136 valence electrons. The second kappa shape index (κ2) is 7.57. The molecule has 0 radical (unpaired) electrons. The number of nitrogens with zero attached hydrogens (tertiary/aromatic N) is 2. The van der Waals surface area contributed by atoms with Crippen molar-refractivity contribution in [3.8, 4) is 17.4 Å². The predicted molar refractivity (Wildman–Crippen MR) is 101 cm³/mol. The Kier molecular flexibility index (Phi) is 5.22. The molecule has 7 nitrogen and oxygen atoms in total. The Hall–Kier alpha value is -2.87. The van der Waals surface area contributed by atoms with Crippen molar-refractivity contribution < 1.29 is 19.0 Å². The van der Waals surface area contributed by atoms with Crippen LogP contribution in [0.15, 0.2) is 24.5 Å². The third kappa shape index (κ3) is 3.28. The molecule has 0 unspecified atom stereocenters. The Morgan fingerprint density at radius 3 is 2.73 bits per heavy atom. The number of amides is 1. The monoisotopic (exact) mass is 373 g/mol. The van der Waals surface area contributed by atoms with E-state index in [4.69, 9.17) is 14.2 Å². The molecule has 2 heterocycles. The molecule has 1 N–H and O–H groups in total. The van der Waals surface area contributed by atoms with Crippen molar-refractivity contribution in [3.05, 3.63) is 35.0 Å². The fraction of sp³-hybridized carbons (Fsp3) is 0.278. The molecular formula is C18H19N3O4S. The fourth-order valence-electron chi connectivity index (χ4n) is 2.58. The number of thiophene rings is 1. The maximum Gasteiger partial charge on any atom is 0.266 e. The molecule has 26 heavy (non-hydrogen) atoms. The van der Waals surface area contributed by atoms with E-state index in [0.29, 0.717) is 39.4 Å². The van der Waals surface area contributed by atoms with Crippen molar-refractivity contribution in [3.63, 3.8) is 0 Å². The molecule has 0 aliphatic rings. The molecular weight excluding hydrogens is 354 g/mol. The van der Waals surface area contributed by atoms with Gasteiger partial charge in [0.25, 0.3) is 5.91 Å². The Bertz CT molecular complexity index is 955. The van der Waals surface area contributed by atoms with Crippen LogP contribution in [0.25, 0.3) is 10.2 Å². The Morgan fingerprint density at radius 2 is 2.04 bits per heavy atom. The smallest absolute Gasteiger partial charge is 0.266 e. The van der Waals surface area contributed by atoms with E-state index >= 15 is 0 Å². The number of benzene rings is 1. The summed E-state index contributed by atoms with van der Waals surface area (Å²) in [6.07, 6.45) is 1.44. The number of hydrogen-bond donors (Lipinski definition) is 1. The number of anilines is 1. The van der Waals surface area contributed by atoms with E-state index in [2.05, 4.69) is 15.3 Å². The lowest BCUT2D eigenvalue weighted by molar-refractivity contribution is 0.102. The standard InChI is InChI=1S/C18H19N3O4S/c1-5-25-17-14-10(2)15(26-18(14)20-9-19-17)16(22)21-12-7-6-11(23-3)8-13(12)24-4/h6-9H,5H2,1-4H3,(H,21,22). The van der Waals surface area contributed by atoms with E-state index in [1.807, 2.05) is 13.8 Å². The molecule has 3 rings (SSSR count). The number of carbonyl (C=O) groups excluding carboxylic acids is 1. The van der Waals surface area contributed by atoms with Gasteiger partial charge >= 0.3 is 0 Å². The summed E-state index contributed by atoms with van der Waals surface area (Å²) in [5, 5.41) is 3.65. The SMILES string of the molecule is CCOc1ncnc2sc(C(=O)Nc3ccc(OC)cc3OC)c(C)c12. The van der Waals surface area contributed by atoms with Gasteiger partial charge in [-0.05, 0) is 31.5 Å². The lowest BCUT2D eigenvalue weighted by Gasteiger charge is -2.11. The third-order valence-corrected chi connectivity index (χ3v) is 5.03. The molecule has 2 aromatic heterocycles. The minimum atomic E-state index is -0.239. The maximum absolute atomic E-state index is 12.8. The van der Waals surface area contributed by atoms with Crippen LogP contribution in [0.5, 0.6) is 17.4 Å². The molecule has 0 aliphatic carbocycles. The van der Waals surface area contributed by atoms with Gasteiger partial charge in [-0.3, -0.25) is 4.79 Å². The highest BCUT2D eigenvalue weighted by Crippen LogP contribution is 2.36. The molecule has 8 heteroatoms. The van der Waals surface area contributed by atoms with Gasteiger partial charge in [0, 0.05) is 6.07 Å². The van der Waals surface area contributed by atoms with Crippen molar-refractivity contribution in [1.29, 1.82) is 0 Å². The van der Waals surface area contributed by atoms with Gasteiger partial charge in [-0.25, -0.2) is 9.97 Å². The molecule has 0 saturated heterocycles. The van der Waals surface area contributed by atoms with Crippen molar-refractivity contribution in [2.24, 2.45) is 0 Å². The van der Waals surface area contributed by atoms with Crippen LogP contribution in [0.2, 0.25) is 0 Å². The zero-order valence-corrected chi connectivity index (χ0v) is 15.8. The van der Waals surface area contributed by atoms with Gasteiger partial charge < -0.3 is 19.5 Å². The summed E-state index contributed by atoms with van der Waals surface area (Å²) in [6.45, 7) is 4.25. The average Bonchev–Trinajstić information content (AvgIpc) is 3.00. The van der Waals surface area contributed by atoms with E-state index in [0.717, 1.165) is 10.9 Å². The molecule has 3 aromatic rings. The maximum atomic E-state index is 12.8. The molecule has 0 atom stereocenters. The third-order valence-electron chi connectivity index (χ3n) is 3.84. The summed E-state index contributed by atoms with van der Waals surface area (Å²) >= 11 is 1.30. The van der Waals surface area contributed by atoms with Crippen LogP contribution >= 0.6 is 11.3 Å². The molecule has 1 aromatic carbocycles. The number of hydrogen-bond acceptors (Lipinski definition) is 7. The zero-order valence-electron chi connectivity index (χ0n) is 15.0. The lowest BCUT2D eigenvalue weighted by Crippen LogP contribution is -2.12. The van der Waals surface area contributed by atoms with Crippen LogP contribution < -0.4 is 19.5 Å². The zero-order chi connectivity index (χ0) is 18.7. The van der Waals surface area contributed by atoms with Crippen molar-refractivity contribution in [2.45, 2.75) is 13.8 Å². The Labute approximate surface area is 154 Å². The minimum Gasteiger partial charge on any atom is -0.497 e. The number of rotatable bonds is 6. The lowest BCUT2D eigenvalue weighted by atomic mass is 10.2. The van der Waals surface area contributed by atoms with Crippen molar-refractivity contribution in [1.82, 2.24) is 9.97 Å². The van der Waals surface area contributed by atoms with Gasteiger partial charge in [0.2, 0.25) is 5.88 Å². The summed E-state index contributed by atoms with van der Waals surface area (Å²) in [7, 11) is 3.11. The summed E-state index contributed by atoms with van der Waals surface area (Å²) in [6, 6.07) is 5.21. The highest BCUT2D eigenvalue weighted by molar-refractivity contribution is 7.20. The first-order valence-electron chi connectivity index (χ1n) is 7.99. The number of fused-ring (bicyclic) bond motifs is 1. The molecule has 0 bridgehead atoms. The molecule has 0 saturated carbocycles. The van der Waals surface area contributed by atoms with Gasteiger partial charge in [0.1, 0.15) is 22.7 Å². The molecule has 1 amide bonds. The van der Waals surface area contributed by atoms with Crippen LogP contribution in [0, 0.1) is 6.92 Å². The minimum absolute atomic E-state index is 0.239.